The minimum atomic E-state index is -3.87. The number of benzene rings is 3. The molecule has 1 N–H and O–H groups in total. The first-order valence-electron chi connectivity index (χ1n) is 11.1. The van der Waals surface area contributed by atoms with Gasteiger partial charge in [0.2, 0.25) is 0 Å². The molecule has 1 aliphatic heterocycles. The molecular weight excluding hydrogens is 438 g/mol. The highest BCUT2D eigenvalue weighted by Gasteiger charge is 2.35. The molecule has 3 aromatic rings. The van der Waals surface area contributed by atoms with Crippen molar-refractivity contribution in [2.45, 2.75) is 30.7 Å². The van der Waals surface area contributed by atoms with Gasteiger partial charge in [0.05, 0.1) is 4.90 Å². The summed E-state index contributed by atoms with van der Waals surface area (Å²) in [6.07, 6.45) is 1.78. The van der Waals surface area contributed by atoms with Crippen LogP contribution in [-0.2, 0) is 27.1 Å². The van der Waals surface area contributed by atoms with E-state index in [-0.39, 0.29) is 29.9 Å². The number of phenolic OH excluding ortho intramolecular Hbond substituents is 1. The predicted octanol–water partition coefficient (Wildman–Crippen LogP) is 4.24. The van der Waals surface area contributed by atoms with E-state index in [0.29, 0.717) is 11.3 Å². The Balaban J connectivity index is 1.39. The van der Waals surface area contributed by atoms with Gasteiger partial charge in [0.15, 0.2) is 11.5 Å². The van der Waals surface area contributed by atoms with Crippen LogP contribution in [0.15, 0.2) is 59.5 Å². The second kappa shape index (κ2) is 8.48. The highest BCUT2D eigenvalue weighted by Crippen LogP contribution is 2.51. The number of ether oxygens (including phenoxy) is 1. The van der Waals surface area contributed by atoms with Crippen LogP contribution in [0.3, 0.4) is 0 Å². The molecule has 0 amide bonds. The standard InChI is InChI=1S/C26H27NO5S/c1-17-7-3-6-10-23(17)33(29,30)32-14-13-31-22-16-19-11-12-27(2)21-15-18-8-4-5-9-20(18)25(24(19)21)26(22)28/h3-10,16,21,28H,11-15H2,1-2H3/t21-/m1/s1. The zero-order valence-corrected chi connectivity index (χ0v) is 19.6. The molecule has 3 aromatic carbocycles. The van der Waals surface area contributed by atoms with Crippen LogP contribution in [0, 0.1) is 6.92 Å². The van der Waals surface area contributed by atoms with E-state index in [9.17, 15) is 13.5 Å². The minimum Gasteiger partial charge on any atom is -0.504 e. The molecule has 0 radical (unpaired) electrons. The van der Waals surface area contributed by atoms with Gasteiger partial charge in [-0.3, -0.25) is 9.08 Å². The number of likely N-dealkylation sites (N-methyl/N-ethyl adjacent to an activating group) is 1. The molecule has 0 aromatic heterocycles. The van der Waals surface area contributed by atoms with Crippen molar-refractivity contribution in [3.8, 4) is 22.6 Å². The molecule has 33 heavy (non-hydrogen) atoms. The maximum absolute atomic E-state index is 12.5. The largest absolute Gasteiger partial charge is 0.504 e. The maximum atomic E-state index is 12.5. The first-order chi connectivity index (χ1) is 15.9. The zero-order chi connectivity index (χ0) is 23.2. The maximum Gasteiger partial charge on any atom is 0.297 e. The third-order valence-electron chi connectivity index (χ3n) is 6.63. The molecule has 7 heteroatoms. The van der Waals surface area contributed by atoms with Crippen molar-refractivity contribution in [1.29, 1.82) is 0 Å². The van der Waals surface area contributed by atoms with Gasteiger partial charge in [-0.25, -0.2) is 0 Å². The second-order valence-corrected chi connectivity index (χ2v) is 10.3. The van der Waals surface area contributed by atoms with Gasteiger partial charge in [0, 0.05) is 18.2 Å². The summed E-state index contributed by atoms with van der Waals surface area (Å²) in [4.78, 5) is 2.49. The van der Waals surface area contributed by atoms with Crippen molar-refractivity contribution in [3.63, 3.8) is 0 Å². The Hall–Kier alpha value is -2.87. The van der Waals surface area contributed by atoms with Gasteiger partial charge in [0.25, 0.3) is 10.1 Å². The Morgan fingerprint density at radius 2 is 1.82 bits per heavy atom. The van der Waals surface area contributed by atoms with Crippen molar-refractivity contribution in [2.24, 2.45) is 0 Å². The van der Waals surface area contributed by atoms with Gasteiger partial charge in [-0.05, 0) is 66.8 Å². The number of aryl methyl sites for hydroxylation is 1. The van der Waals surface area contributed by atoms with Crippen LogP contribution in [-0.4, -0.2) is 45.2 Å². The molecule has 0 unspecified atom stereocenters. The van der Waals surface area contributed by atoms with E-state index >= 15 is 0 Å². The number of hydrogen-bond donors (Lipinski definition) is 1. The van der Waals surface area contributed by atoms with E-state index in [4.69, 9.17) is 8.92 Å². The molecule has 1 aliphatic carbocycles. The molecule has 0 fully saturated rings. The van der Waals surface area contributed by atoms with Gasteiger partial charge in [-0.1, -0.05) is 42.5 Å². The molecular formula is C26H27NO5S. The summed E-state index contributed by atoms with van der Waals surface area (Å²) in [6.45, 7) is 2.51. The highest BCUT2D eigenvalue weighted by molar-refractivity contribution is 7.86. The third-order valence-corrected chi connectivity index (χ3v) is 8.11. The van der Waals surface area contributed by atoms with Crippen LogP contribution in [0.4, 0.5) is 0 Å². The number of aromatic hydroxyl groups is 1. The predicted molar refractivity (Wildman–Crippen MR) is 126 cm³/mol. The molecule has 1 atom stereocenters. The van der Waals surface area contributed by atoms with Crippen LogP contribution >= 0.6 is 0 Å². The van der Waals surface area contributed by atoms with Gasteiger partial charge < -0.3 is 9.84 Å². The monoisotopic (exact) mass is 465 g/mol. The van der Waals surface area contributed by atoms with E-state index in [1.807, 2.05) is 24.3 Å². The SMILES string of the molecule is Cc1ccccc1S(=O)(=O)OCCOc1cc2c3c(c1O)-c1ccccc1C[C@H]3N(C)CC2. The van der Waals surface area contributed by atoms with Crippen molar-refractivity contribution < 1.29 is 22.4 Å². The Kier molecular flexibility index (Phi) is 5.64. The normalized spacial score (nSPS) is 17.3. The highest BCUT2D eigenvalue weighted by atomic mass is 32.2. The summed E-state index contributed by atoms with van der Waals surface area (Å²) < 4.78 is 36.0. The lowest BCUT2D eigenvalue weighted by molar-refractivity contribution is 0.212. The average Bonchev–Trinajstić information content (AvgIpc) is 2.81. The summed E-state index contributed by atoms with van der Waals surface area (Å²) >= 11 is 0. The van der Waals surface area contributed by atoms with Crippen molar-refractivity contribution in [1.82, 2.24) is 4.90 Å². The number of phenols is 1. The zero-order valence-electron chi connectivity index (χ0n) is 18.7. The number of hydrogen-bond acceptors (Lipinski definition) is 6. The number of rotatable bonds is 6. The van der Waals surface area contributed by atoms with E-state index in [1.54, 1.807) is 25.1 Å². The van der Waals surface area contributed by atoms with E-state index < -0.39 is 10.1 Å². The van der Waals surface area contributed by atoms with Gasteiger partial charge >= 0.3 is 0 Å². The smallest absolute Gasteiger partial charge is 0.297 e. The molecule has 172 valence electrons. The van der Waals surface area contributed by atoms with E-state index in [2.05, 4.69) is 18.0 Å². The van der Waals surface area contributed by atoms with Crippen molar-refractivity contribution in [3.05, 3.63) is 76.9 Å². The van der Waals surface area contributed by atoms with E-state index in [0.717, 1.165) is 30.5 Å². The van der Waals surface area contributed by atoms with Gasteiger partial charge in [-0.2, -0.15) is 8.42 Å². The summed E-state index contributed by atoms with van der Waals surface area (Å²) in [5, 5.41) is 11.2. The number of nitrogens with zero attached hydrogens (tertiary/aromatic N) is 1. The lowest BCUT2D eigenvalue weighted by Crippen LogP contribution is -2.35. The first kappa shape index (κ1) is 21.9. The molecule has 1 heterocycles. The quantitative estimate of drug-likeness (QED) is 0.434. The first-order valence-corrected chi connectivity index (χ1v) is 12.5. The average molecular weight is 466 g/mol. The fraction of sp³-hybridized carbons (Fsp3) is 0.308. The molecule has 0 saturated heterocycles. The van der Waals surface area contributed by atoms with Crippen LogP contribution in [0.2, 0.25) is 0 Å². The molecule has 0 saturated carbocycles. The topological polar surface area (TPSA) is 76.1 Å². The van der Waals surface area contributed by atoms with Gasteiger partial charge in [0.1, 0.15) is 13.2 Å². The number of fused-ring (bicyclic) bond motifs is 2. The van der Waals surface area contributed by atoms with Crippen molar-refractivity contribution >= 4 is 10.1 Å². The molecule has 6 nitrogen and oxygen atoms in total. The van der Waals surface area contributed by atoms with Crippen molar-refractivity contribution in [2.75, 3.05) is 26.8 Å². The Labute approximate surface area is 194 Å². The minimum absolute atomic E-state index is 0.00186. The summed E-state index contributed by atoms with van der Waals surface area (Å²) in [6, 6.07) is 17.0. The fourth-order valence-electron chi connectivity index (χ4n) is 4.96. The van der Waals surface area contributed by atoms with Crippen LogP contribution in [0.1, 0.15) is 28.3 Å². The van der Waals surface area contributed by atoms with Crippen LogP contribution in [0.5, 0.6) is 11.5 Å². The molecule has 0 spiro atoms. The lowest BCUT2D eigenvalue weighted by Gasteiger charge is -2.40. The van der Waals surface area contributed by atoms with Gasteiger partial charge in [-0.15, -0.1) is 0 Å². The lowest BCUT2D eigenvalue weighted by atomic mass is 9.76. The molecule has 0 bridgehead atoms. The summed E-state index contributed by atoms with van der Waals surface area (Å²) in [5.74, 6) is 0.462. The molecule has 2 aliphatic rings. The van der Waals surface area contributed by atoms with Crippen LogP contribution < -0.4 is 4.74 Å². The Bertz CT molecular complexity index is 1320. The van der Waals surface area contributed by atoms with E-state index in [1.165, 1.54) is 22.8 Å². The Morgan fingerprint density at radius 1 is 1.06 bits per heavy atom. The second-order valence-electron chi connectivity index (χ2n) is 8.67. The molecule has 5 rings (SSSR count). The summed E-state index contributed by atoms with van der Waals surface area (Å²) in [7, 11) is -1.75. The fourth-order valence-corrected chi connectivity index (χ4v) is 6.09. The third kappa shape index (κ3) is 3.90. The Morgan fingerprint density at radius 3 is 2.64 bits per heavy atom. The summed E-state index contributed by atoms with van der Waals surface area (Å²) in [5.41, 5.74) is 6.03. The van der Waals surface area contributed by atoms with Crippen LogP contribution in [0.25, 0.3) is 11.1 Å².